The molecule has 4 aromatic rings. The van der Waals surface area contributed by atoms with Gasteiger partial charge in [-0.2, -0.15) is 0 Å². The van der Waals surface area contributed by atoms with Gasteiger partial charge in [-0.05, 0) is 56.2 Å². The highest BCUT2D eigenvalue weighted by Gasteiger charge is 2.22. The van der Waals surface area contributed by atoms with E-state index in [9.17, 15) is 29.7 Å². The van der Waals surface area contributed by atoms with Gasteiger partial charge >= 0.3 is 5.97 Å². The first-order chi connectivity index (χ1) is 20.7. The number of carboxylic acids is 1. The largest absolute Gasteiger partial charge is 0.507 e. The first-order valence-electron chi connectivity index (χ1n) is 13.7. The van der Waals surface area contributed by atoms with Gasteiger partial charge in [0.25, 0.3) is 0 Å². The zero-order valence-electron chi connectivity index (χ0n) is 23.7. The smallest absolute Gasteiger partial charge is 0.371 e. The monoisotopic (exact) mass is 604 g/mol. The van der Waals surface area contributed by atoms with E-state index in [1.54, 1.807) is 42.5 Å². The van der Waals surface area contributed by atoms with Crippen molar-refractivity contribution in [2.45, 2.75) is 49.4 Å². The molecule has 3 N–H and O–H groups in total. The summed E-state index contributed by atoms with van der Waals surface area (Å²) in [7, 11) is 0. The Hall–Kier alpha value is -4.54. The summed E-state index contributed by atoms with van der Waals surface area (Å²) in [5, 5.41) is 30.6. The molecule has 0 spiro atoms. The molecule has 0 amide bonds. The van der Waals surface area contributed by atoms with Gasteiger partial charge in [-0.15, -0.1) is 11.8 Å². The summed E-state index contributed by atoms with van der Waals surface area (Å²) in [6.07, 6.45) is 11.3. The number of fused-ring (bicyclic) bond motifs is 1. The van der Waals surface area contributed by atoms with Crippen LogP contribution in [0.25, 0.3) is 11.0 Å². The van der Waals surface area contributed by atoms with Gasteiger partial charge in [0.15, 0.2) is 11.2 Å². The van der Waals surface area contributed by atoms with Crippen LogP contribution < -0.4 is 10.2 Å². The number of aromatic carboxylic acids is 1. The normalized spacial score (nSPS) is 13.1. The third-order valence-corrected chi connectivity index (χ3v) is 7.80. The average molecular weight is 605 g/mol. The van der Waals surface area contributed by atoms with E-state index in [0.717, 1.165) is 12.5 Å². The third kappa shape index (κ3) is 7.85. The standard InChI is InChI=1S/C33H32O9S/c1-3-8-25-27(13-12-23(20(2)34)32(25)37)41-15-7-5-4-6-9-30(31(36)21-14-16-40-19-21)43-22-10-11-24-26(35)18-29(33(38)39)42-28(24)17-22/h4-6,9-14,16-19,30-31,36-37H,3,7-8,15H2,1-2H3,(H,38,39)/b5-4-,9-6+. The van der Waals surface area contributed by atoms with Crippen LogP contribution in [0.5, 0.6) is 11.5 Å². The van der Waals surface area contributed by atoms with Crippen LogP contribution in [0.15, 0.2) is 97.8 Å². The molecule has 43 heavy (non-hydrogen) atoms. The van der Waals surface area contributed by atoms with Crippen LogP contribution in [0, 0.1) is 0 Å². The number of aliphatic hydroxyl groups excluding tert-OH is 1. The highest BCUT2D eigenvalue weighted by Crippen LogP contribution is 2.35. The number of phenolic OH excluding ortho intramolecular Hbond substituents is 1. The molecule has 0 bridgehead atoms. The SMILES string of the molecule is CCCc1c(OCC/C=C\C=C\C(Sc2ccc3c(=O)cc(C(=O)O)oc3c2)C(O)c2ccoc2)ccc(C(C)=O)c1O. The summed E-state index contributed by atoms with van der Waals surface area (Å²) >= 11 is 1.31. The van der Waals surface area contributed by atoms with Crippen molar-refractivity contribution in [3.8, 4) is 11.5 Å². The first kappa shape index (κ1) is 31.4. The molecular formula is C33H32O9S. The van der Waals surface area contributed by atoms with Gasteiger partial charge in [-0.3, -0.25) is 9.59 Å². The minimum Gasteiger partial charge on any atom is -0.507 e. The zero-order chi connectivity index (χ0) is 30.9. The number of carboxylic acid groups (broad SMARTS) is 1. The van der Waals surface area contributed by atoms with Crippen LogP contribution in [0.4, 0.5) is 0 Å². The van der Waals surface area contributed by atoms with E-state index in [1.807, 2.05) is 25.2 Å². The first-order valence-corrected chi connectivity index (χ1v) is 14.6. The molecule has 9 nitrogen and oxygen atoms in total. The third-order valence-electron chi connectivity index (χ3n) is 6.59. The molecule has 0 radical (unpaired) electrons. The summed E-state index contributed by atoms with van der Waals surface area (Å²) < 4.78 is 16.4. The zero-order valence-corrected chi connectivity index (χ0v) is 24.5. The van der Waals surface area contributed by atoms with Gasteiger partial charge in [0, 0.05) is 22.1 Å². The van der Waals surface area contributed by atoms with E-state index < -0.39 is 28.5 Å². The van der Waals surface area contributed by atoms with Crippen LogP contribution in [-0.4, -0.2) is 38.9 Å². The van der Waals surface area contributed by atoms with Gasteiger partial charge in [0.1, 0.15) is 17.1 Å². The molecule has 2 heterocycles. The van der Waals surface area contributed by atoms with Crippen molar-refractivity contribution < 1.29 is 38.5 Å². The Morgan fingerprint density at radius 1 is 1.12 bits per heavy atom. The van der Waals surface area contributed by atoms with Crippen LogP contribution in [0.3, 0.4) is 0 Å². The fraction of sp³-hybridized carbons (Fsp3) is 0.242. The van der Waals surface area contributed by atoms with Crippen molar-refractivity contribution in [2.75, 3.05) is 6.61 Å². The number of ether oxygens (including phenoxy) is 1. The fourth-order valence-electron chi connectivity index (χ4n) is 4.43. The number of rotatable bonds is 14. The van der Waals surface area contributed by atoms with E-state index in [4.69, 9.17) is 13.6 Å². The molecule has 0 saturated heterocycles. The van der Waals surface area contributed by atoms with Gasteiger partial charge in [0.05, 0.1) is 41.4 Å². The summed E-state index contributed by atoms with van der Waals surface area (Å²) in [5.41, 5.74) is 1.18. The molecule has 2 aromatic carbocycles. The van der Waals surface area contributed by atoms with Crippen molar-refractivity contribution in [1.29, 1.82) is 0 Å². The lowest BCUT2D eigenvalue weighted by Gasteiger charge is -2.18. The number of aromatic hydroxyl groups is 1. The highest BCUT2D eigenvalue weighted by atomic mass is 32.2. The summed E-state index contributed by atoms with van der Waals surface area (Å²) in [5.74, 6) is -1.47. The lowest BCUT2D eigenvalue weighted by molar-refractivity contribution is 0.0662. The number of carbonyl (C=O) groups excluding carboxylic acids is 1. The number of furan rings is 1. The summed E-state index contributed by atoms with van der Waals surface area (Å²) in [6, 6.07) is 10.8. The number of ketones is 1. The van der Waals surface area contributed by atoms with Crippen molar-refractivity contribution in [3.05, 3.63) is 112 Å². The van der Waals surface area contributed by atoms with Gasteiger partial charge < -0.3 is 28.9 Å². The average Bonchev–Trinajstić information content (AvgIpc) is 3.52. The predicted molar refractivity (Wildman–Crippen MR) is 163 cm³/mol. The van der Waals surface area contributed by atoms with Crippen LogP contribution in [0.1, 0.15) is 64.8 Å². The van der Waals surface area contributed by atoms with E-state index in [1.165, 1.54) is 31.2 Å². The summed E-state index contributed by atoms with van der Waals surface area (Å²) in [6.45, 7) is 3.76. The second kappa shape index (κ2) is 14.6. The highest BCUT2D eigenvalue weighted by molar-refractivity contribution is 8.00. The molecule has 0 aliphatic heterocycles. The number of phenols is 1. The Bertz CT molecular complexity index is 1700. The Kier molecular flexibility index (Phi) is 10.6. The second-order valence-electron chi connectivity index (χ2n) is 9.72. The lowest BCUT2D eigenvalue weighted by atomic mass is 10.0. The maximum Gasteiger partial charge on any atom is 0.371 e. The van der Waals surface area contributed by atoms with Gasteiger partial charge in [-0.25, -0.2) is 4.79 Å². The van der Waals surface area contributed by atoms with Crippen molar-refractivity contribution in [2.24, 2.45) is 0 Å². The number of Topliss-reactive ketones (excluding diaryl/α,β-unsaturated/α-hetero) is 1. The van der Waals surface area contributed by atoms with E-state index in [-0.39, 0.29) is 28.1 Å². The van der Waals surface area contributed by atoms with Crippen molar-refractivity contribution in [1.82, 2.24) is 0 Å². The maximum absolute atomic E-state index is 12.3. The van der Waals surface area contributed by atoms with Crippen molar-refractivity contribution in [3.63, 3.8) is 0 Å². The summed E-state index contributed by atoms with van der Waals surface area (Å²) in [4.78, 5) is 36.1. The Morgan fingerprint density at radius 3 is 2.63 bits per heavy atom. The minimum atomic E-state index is -1.34. The van der Waals surface area contributed by atoms with Crippen LogP contribution in [0.2, 0.25) is 0 Å². The number of hydrogen-bond donors (Lipinski definition) is 3. The van der Waals surface area contributed by atoms with E-state index in [0.29, 0.717) is 41.2 Å². The Morgan fingerprint density at radius 2 is 1.93 bits per heavy atom. The number of thioether (sulfide) groups is 1. The predicted octanol–water partition coefficient (Wildman–Crippen LogP) is 6.72. The molecule has 10 heteroatoms. The molecule has 2 atom stereocenters. The lowest BCUT2D eigenvalue weighted by Crippen LogP contribution is -2.12. The number of hydrogen-bond acceptors (Lipinski definition) is 9. The molecule has 4 rings (SSSR count). The second-order valence-corrected chi connectivity index (χ2v) is 11.0. The van der Waals surface area contributed by atoms with Crippen LogP contribution in [-0.2, 0) is 6.42 Å². The van der Waals surface area contributed by atoms with E-state index in [2.05, 4.69) is 0 Å². The quantitative estimate of drug-likeness (QED) is 0.0613. The van der Waals surface area contributed by atoms with Gasteiger partial charge in [0.2, 0.25) is 5.76 Å². The molecule has 2 unspecified atom stereocenters. The van der Waals surface area contributed by atoms with Gasteiger partial charge in [-0.1, -0.05) is 37.6 Å². The van der Waals surface area contributed by atoms with Crippen LogP contribution >= 0.6 is 11.8 Å². The van der Waals surface area contributed by atoms with E-state index >= 15 is 0 Å². The Balaban J connectivity index is 1.45. The number of benzene rings is 2. The molecule has 2 aromatic heterocycles. The molecule has 0 fully saturated rings. The maximum atomic E-state index is 12.3. The molecule has 0 saturated carbocycles. The number of carbonyl (C=O) groups is 2. The fourth-order valence-corrected chi connectivity index (χ4v) is 5.52. The topological polar surface area (TPSA) is 147 Å². The molecule has 0 aliphatic rings. The minimum absolute atomic E-state index is 0.0269. The number of aliphatic hydroxyl groups is 1. The molecule has 0 aliphatic carbocycles. The molecule has 224 valence electrons. The van der Waals surface area contributed by atoms with Crippen molar-refractivity contribution >= 4 is 34.5 Å². The molecular weight excluding hydrogens is 572 g/mol. The number of allylic oxidation sites excluding steroid dienone is 2. The Labute approximate surface area is 252 Å².